The van der Waals surface area contributed by atoms with E-state index in [0.717, 1.165) is 31.6 Å². The predicted octanol–water partition coefficient (Wildman–Crippen LogP) is 3.76. The SMILES string of the molecule is CN1/C(=C\C(=O)CN2CCC(NC(=O)c3ccccc3)CC2)C(C)(C)c2ccccc21. The number of nitrogens with zero attached hydrogens (tertiary/aromatic N) is 2. The normalized spacial score (nSPS) is 20.0. The molecule has 5 nitrogen and oxygen atoms in total. The molecule has 0 spiro atoms. The second kappa shape index (κ2) is 8.67. The number of anilines is 1. The van der Waals surface area contributed by atoms with Crippen LogP contribution in [-0.2, 0) is 10.2 Å². The Labute approximate surface area is 184 Å². The average Bonchev–Trinajstić information content (AvgIpc) is 2.96. The van der Waals surface area contributed by atoms with Gasteiger partial charge in [0.15, 0.2) is 5.78 Å². The van der Waals surface area contributed by atoms with Crippen LogP contribution in [0.1, 0.15) is 42.6 Å². The van der Waals surface area contributed by atoms with E-state index in [1.165, 1.54) is 11.3 Å². The summed E-state index contributed by atoms with van der Waals surface area (Å²) in [5.41, 5.74) is 3.98. The van der Waals surface area contributed by atoms with Crippen molar-refractivity contribution in [1.82, 2.24) is 10.2 Å². The molecule has 0 saturated carbocycles. The molecule has 0 aliphatic carbocycles. The highest BCUT2D eigenvalue weighted by Gasteiger charge is 2.38. The second-order valence-corrected chi connectivity index (χ2v) is 9.09. The Morgan fingerprint density at radius 1 is 1.03 bits per heavy atom. The number of carbonyl (C=O) groups is 2. The lowest BCUT2D eigenvalue weighted by Crippen LogP contribution is -2.45. The fraction of sp³-hybridized carbons (Fsp3) is 0.385. The van der Waals surface area contributed by atoms with Crippen molar-refractivity contribution in [3.8, 4) is 0 Å². The van der Waals surface area contributed by atoms with Crippen molar-refractivity contribution < 1.29 is 9.59 Å². The first-order chi connectivity index (χ1) is 14.9. The summed E-state index contributed by atoms with van der Waals surface area (Å²) in [6.07, 6.45) is 3.54. The van der Waals surface area contributed by atoms with Gasteiger partial charge in [0.25, 0.3) is 5.91 Å². The number of fused-ring (bicyclic) bond motifs is 1. The summed E-state index contributed by atoms with van der Waals surface area (Å²) in [7, 11) is 2.04. The van der Waals surface area contributed by atoms with Crippen LogP contribution in [0, 0.1) is 0 Å². The summed E-state index contributed by atoms with van der Waals surface area (Å²) in [6.45, 7) is 6.40. The molecule has 1 fully saturated rings. The highest BCUT2D eigenvalue weighted by molar-refractivity contribution is 5.94. The van der Waals surface area contributed by atoms with E-state index in [1.807, 2.05) is 49.5 Å². The van der Waals surface area contributed by atoms with Crippen molar-refractivity contribution in [1.29, 1.82) is 0 Å². The van der Waals surface area contributed by atoms with Gasteiger partial charge in [0.2, 0.25) is 0 Å². The number of ketones is 1. The zero-order valence-corrected chi connectivity index (χ0v) is 18.6. The Morgan fingerprint density at radius 3 is 2.35 bits per heavy atom. The number of rotatable bonds is 5. The van der Waals surface area contributed by atoms with Crippen molar-refractivity contribution in [2.75, 3.05) is 31.6 Å². The van der Waals surface area contributed by atoms with Gasteiger partial charge in [0, 0.05) is 54.6 Å². The van der Waals surface area contributed by atoms with Crippen molar-refractivity contribution in [3.05, 3.63) is 77.5 Å². The Morgan fingerprint density at radius 2 is 1.68 bits per heavy atom. The van der Waals surface area contributed by atoms with Crippen LogP contribution in [-0.4, -0.2) is 49.3 Å². The molecule has 162 valence electrons. The number of allylic oxidation sites excluding steroid dienone is 1. The fourth-order valence-electron chi connectivity index (χ4n) is 4.77. The lowest BCUT2D eigenvalue weighted by atomic mass is 9.83. The topological polar surface area (TPSA) is 52.7 Å². The van der Waals surface area contributed by atoms with E-state index in [-0.39, 0.29) is 23.1 Å². The summed E-state index contributed by atoms with van der Waals surface area (Å²) in [4.78, 5) is 29.6. The zero-order valence-electron chi connectivity index (χ0n) is 18.6. The Kier molecular flexibility index (Phi) is 5.96. The standard InChI is InChI=1S/C26H31N3O2/c1-26(2)22-11-7-8-12-23(22)28(3)24(26)17-21(30)18-29-15-13-20(14-16-29)27-25(31)19-9-5-4-6-10-19/h4-12,17,20H,13-16,18H2,1-3H3,(H,27,31)/b24-17-. The number of nitrogens with one attached hydrogen (secondary N) is 1. The van der Waals surface area contributed by atoms with Gasteiger partial charge < -0.3 is 10.2 Å². The van der Waals surface area contributed by atoms with E-state index in [1.54, 1.807) is 0 Å². The molecule has 1 N–H and O–H groups in total. The molecule has 2 aliphatic rings. The minimum absolute atomic E-state index is 0.0223. The van der Waals surface area contributed by atoms with Crippen LogP contribution in [0.2, 0.25) is 0 Å². The third kappa shape index (κ3) is 4.42. The van der Waals surface area contributed by atoms with Gasteiger partial charge >= 0.3 is 0 Å². The van der Waals surface area contributed by atoms with Gasteiger partial charge in [-0.3, -0.25) is 14.5 Å². The van der Waals surface area contributed by atoms with Crippen molar-refractivity contribution in [2.24, 2.45) is 0 Å². The Bertz CT molecular complexity index is 989. The van der Waals surface area contributed by atoms with Crippen LogP contribution in [0.5, 0.6) is 0 Å². The molecule has 2 aromatic rings. The number of benzene rings is 2. The largest absolute Gasteiger partial charge is 0.349 e. The number of likely N-dealkylation sites (N-methyl/N-ethyl adjacent to an activating group) is 1. The first kappa shape index (κ1) is 21.3. The van der Waals surface area contributed by atoms with Gasteiger partial charge in [0.05, 0.1) is 6.54 Å². The first-order valence-electron chi connectivity index (χ1n) is 11.0. The molecule has 0 radical (unpaired) electrons. The van der Waals surface area contributed by atoms with Gasteiger partial charge in [-0.15, -0.1) is 0 Å². The molecule has 2 heterocycles. The van der Waals surface area contributed by atoms with Crippen LogP contribution >= 0.6 is 0 Å². The summed E-state index contributed by atoms with van der Waals surface area (Å²) < 4.78 is 0. The number of amides is 1. The summed E-state index contributed by atoms with van der Waals surface area (Å²) in [6, 6.07) is 17.8. The number of para-hydroxylation sites is 1. The van der Waals surface area contributed by atoms with Crippen molar-refractivity contribution >= 4 is 17.4 Å². The summed E-state index contributed by atoms with van der Waals surface area (Å²) in [5, 5.41) is 3.13. The molecule has 31 heavy (non-hydrogen) atoms. The van der Waals surface area contributed by atoms with E-state index < -0.39 is 0 Å². The van der Waals surface area contributed by atoms with E-state index >= 15 is 0 Å². The van der Waals surface area contributed by atoms with Gasteiger partial charge in [-0.1, -0.05) is 50.2 Å². The van der Waals surface area contributed by atoms with Gasteiger partial charge in [-0.05, 0) is 36.6 Å². The van der Waals surface area contributed by atoms with Crippen LogP contribution in [0.4, 0.5) is 5.69 Å². The van der Waals surface area contributed by atoms with Crippen LogP contribution in [0.25, 0.3) is 0 Å². The van der Waals surface area contributed by atoms with Crippen molar-refractivity contribution in [3.63, 3.8) is 0 Å². The molecular formula is C26H31N3O2. The predicted molar refractivity (Wildman–Crippen MR) is 124 cm³/mol. The Hall–Kier alpha value is -2.92. The lowest BCUT2D eigenvalue weighted by Gasteiger charge is -2.32. The minimum Gasteiger partial charge on any atom is -0.349 e. The number of hydrogen-bond donors (Lipinski definition) is 1. The number of hydrogen-bond acceptors (Lipinski definition) is 4. The van der Waals surface area contributed by atoms with Gasteiger partial charge in [0.1, 0.15) is 0 Å². The minimum atomic E-state index is -0.185. The smallest absolute Gasteiger partial charge is 0.251 e. The van der Waals surface area contributed by atoms with E-state index in [0.29, 0.717) is 12.1 Å². The zero-order chi connectivity index (χ0) is 22.0. The molecule has 2 aliphatic heterocycles. The number of likely N-dealkylation sites (tertiary alicyclic amines) is 1. The van der Waals surface area contributed by atoms with Gasteiger partial charge in [-0.25, -0.2) is 0 Å². The Balaban J connectivity index is 1.32. The molecule has 1 amide bonds. The lowest BCUT2D eigenvalue weighted by molar-refractivity contribution is -0.116. The van der Waals surface area contributed by atoms with E-state index in [2.05, 4.69) is 47.2 Å². The molecular weight excluding hydrogens is 386 g/mol. The number of piperidine rings is 1. The molecule has 0 unspecified atom stereocenters. The highest BCUT2D eigenvalue weighted by atomic mass is 16.1. The fourth-order valence-corrected chi connectivity index (χ4v) is 4.77. The summed E-state index contributed by atoms with van der Waals surface area (Å²) >= 11 is 0. The average molecular weight is 418 g/mol. The monoisotopic (exact) mass is 417 g/mol. The maximum absolute atomic E-state index is 12.9. The van der Waals surface area contributed by atoms with Gasteiger partial charge in [-0.2, -0.15) is 0 Å². The molecule has 0 bridgehead atoms. The highest BCUT2D eigenvalue weighted by Crippen LogP contribution is 2.46. The number of carbonyl (C=O) groups excluding carboxylic acids is 2. The van der Waals surface area contributed by atoms with Crippen LogP contribution < -0.4 is 10.2 Å². The van der Waals surface area contributed by atoms with Crippen LogP contribution in [0.15, 0.2) is 66.4 Å². The van der Waals surface area contributed by atoms with E-state index in [9.17, 15) is 9.59 Å². The van der Waals surface area contributed by atoms with E-state index in [4.69, 9.17) is 0 Å². The quantitative estimate of drug-likeness (QED) is 0.753. The maximum Gasteiger partial charge on any atom is 0.251 e. The third-order valence-electron chi connectivity index (χ3n) is 6.58. The molecule has 1 saturated heterocycles. The maximum atomic E-state index is 12.9. The van der Waals surface area contributed by atoms with Crippen molar-refractivity contribution in [2.45, 2.75) is 38.1 Å². The molecule has 4 rings (SSSR count). The second-order valence-electron chi connectivity index (χ2n) is 9.09. The first-order valence-corrected chi connectivity index (χ1v) is 11.0. The molecule has 0 atom stereocenters. The molecule has 2 aromatic carbocycles. The molecule has 0 aromatic heterocycles. The summed E-state index contributed by atoms with van der Waals surface area (Å²) in [5.74, 6) is 0.112. The third-order valence-corrected chi connectivity index (χ3v) is 6.58. The molecule has 5 heteroatoms. The van der Waals surface area contributed by atoms with Crippen LogP contribution in [0.3, 0.4) is 0 Å².